The van der Waals surface area contributed by atoms with Crippen LogP contribution in [0.5, 0.6) is 5.75 Å². The van der Waals surface area contributed by atoms with Crippen molar-refractivity contribution >= 4 is 5.97 Å². The average molecular weight is 260 g/mol. The fourth-order valence-corrected chi connectivity index (χ4v) is 1.14. The van der Waals surface area contributed by atoms with E-state index in [1.54, 1.807) is 0 Å². The molecule has 0 atom stereocenters. The SMILES string of the molecule is CCC.COc1cc(C(C)(F)F)ccc1C(=O)O. The molecule has 5 heteroatoms. The average Bonchev–Trinajstić information content (AvgIpc) is 2.27. The van der Waals surface area contributed by atoms with Gasteiger partial charge in [0.2, 0.25) is 0 Å². The molecule has 0 bridgehead atoms. The second-order valence-electron chi connectivity index (χ2n) is 3.82. The van der Waals surface area contributed by atoms with Gasteiger partial charge in [0.15, 0.2) is 0 Å². The van der Waals surface area contributed by atoms with E-state index in [4.69, 9.17) is 9.84 Å². The maximum absolute atomic E-state index is 12.9. The van der Waals surface area contributed by atoms with Crippen molar-refractivity contribution < 1.29 is 23.4 Å². The molecule has 1 aromatic carbocycles. The van der Waals surface area contributed by atoms with Crippen molar-refractivity contribution in [3.8, 4) is 5.75 Å². The predicted octanol–water partition coefficient (Wildman–Crippen LogP) is 3.92. The molecule has 0 aliphatic carbocycles. The fourth-order valence-electron chi connectivity index (χ4n) is 1.14. The lowest BCUT2D eigenvalue weighted by atomic mass is 10.1. The summed E-state index contributed by atoms with van der Waals surface area (Å²) in [5.41, 5.74) is -0.408. The number of hydrogen-bond donors (Lipinski definition) is 1. The highest BCUT2D eigenvalue weighted by Crippen LogP contribution is 2.31. The molecule has 0 spiro atoms. The molecule has 0 radical (unpaired) electrons. The first kappa shape index (κ1) is 16.4. The zero-order chi connectivity index (χ0) is 14.3. The number of aromatic carboxylic acids is 1. The second-order valence-corrected chi connectivity index (χ2v) is 3.82. The lowest BCUT2D eigenvalue weighted by molar-refractivity contribution is 0.0171. The van der Waals surface area contributed by atoms with Crippen molar-refractivity contribution in [2.45, 2.75) is 33.1 Å². The molecule has 3 nitrogen and oxygen atoms in total. The molecule has 18 heavy (non-hydrogen) atoms. The molecule has 1 aromatic rings. The normalized spacial score (nSPS) is 10.3. The largest absolute Gasteiger partial charge is 0.496 e. The molecule has 1 rings (SSSR count). The Morgan fingerprint density at radius 1 is 1.39 bits per heavy atom. The number of benzene rings is 1. The minimum absolute atomic E-state index is 0.0680. The Kier molecular flexibility index (Phi) is 6.30. The molecule has 0 unspecified atom stereocenters. The summed E-state index contributed by atoms with van der Waals surface area (Å²) in [6.07, 6.45) is 1.25. The van der Waals surface area contributed by atoms with Crippen LogP contribution in [0, 0.1) is 0 Å². The Hall–Kier alpha value is -1.65. The van der Waals surface area contributed by atoms with E-state index in [1.165, 1.54) is 13.5 Å². The van der Waals surface area contributed by atoms with E-state index in [0.717, 1.165) is 25.1 Å². The van der Waals surface area contributed by atoms with Gasteiger partial charge in [-0.05, 0) is 12.1 Å². The van der Waals surface area contributed by atoms with E-state index < -0.39 is 11.9 Å². The summed E-state index contributed by atoms with van der Waals surface area (Å²) >= 11 is 0. The van der Waals surface area contributed by atoms with Crippen molar-refractivity contribution in [2.75, 3.05) is 7.11 Å². The molecular weight excluding hydrogens is 242 g/mol. The van der Waals surface area contributed by atoms with Gasteiger partial charge < -0.3 is 9.84 Å². The molecule has 0 aromatic heterocycles. The molecule has 1 N–H and O–H groups in total. The zero-order valence-electron chi connectivity index (χ0n) is 11.0. The van der Waals surface area contributed by atoms with Crippen LogP contribution >= 0.6 is 0 Å². The third kappa shape index (κ3) is 4.69. The third-order valence-corrected chi connectivity index (χ3v) is 1.94. The fraction of sp³-hybridized carbons (Fsp3) is 0.462. The molecular formula is C13H18F2O3. The minimum Gasteiger partial charge on any atom is -0.496 e. The summed E-state index contributed by atoms with van der Waals surface area (Å²) < 4.78 is 30.5. The number of carboxylic acids is 1. The number of halogens is 2. The molecule has 0 saturated carbocycles. The number of carboxylic acid groups (broad SMARTS) is 1. The van der Waals surface area contributed by atoms with E-state index in [-0.39, 0.29) is 16.9 Å². The molecule has 0 aliphatic heterocycles. The standard InChI is InChI=1S/C10H10F2O3.C3H8/c1-10(11,12)6-3-4-7(9(13)14)8(5-6)15-2;1-3-2/h3-5H,1-2H3,(H,13,14);3H2,1-2H3. The van der Waals surface area contributed by atoms with Crippen LogP contribution in [0.25, 0.3) is 0 Å². The Morgan fingerprint density at radius 2 is 1.89 bits per heavy atom. The molecule has 0 heterocycles. The zero-order valence-corrected chi connectivity index (χ0v) is 11.0. The number of ether oxygens (including phenoxy) is 1. The number of carbonyl (C=O) groups is 1. The van der Waals surface area contributed by atoms with E-state index in [9.17, 15) is 13.6 Å². The number of methoxy groups -OCH3 is 1. The van der Waals surface area contributed by atoms with Crippen molar-refractivity contribution in [1.82, 2.24) is 0 Å². The summed E-state index contributed by atoms with van der Waals surface area (Å²) in [6, 6.07) is 3.21. The van der Waals surface area contributed by atoms with Gasteiger partial charge in [0.1, 0.15) is 11.3 Å². The smallest absolute Gasteiger partial charge is 0.339 e. The van der Waals surface area contributed by atoms with Gasteiger partial charge in [-0.3, -0.25) is 0 Å². The van der Waals surface area contributed by atoms with Gasteiger partial charge in [0.25, 0.3) is 5.92 Å². The van der Waals surface area contributed by atoms with Gasteiger partial charge >= 0.3 is 5.97 Å². The summed E-state index contributed by atoms with van der Waals surface area (Å²) in [4.78, 5) is 10.7. The highest BCUT2D eigenvalue weighted by atomic mass is 19.3. The van der Waals surface area contributed by atoms with Crippen molar-refractivity contribution in [1.29, 1.82) is 0 Å². The van der Waals surface area contributed by atoms with Crippen LogP contribution in [0.2, 0.25) is 0 Å². The second kappa shape index (κ2) is 6.93. The predicted molar refractivity (Wildman–Crippen MR) is 65.5 cm³/mol. The van der Waals surface area contributed by atoms with E-state index in [0.29, 0.717) is 0 Å². The van der Waals surface area contributed by atoms with Gasteiger partial charge in [0, 0.05) is 12.5 Å². The van der Waals surface area contributed by atoms with Crippen LogP contribution in [0.3, 0.4) is 0 Å². The van der Waals surface area contributed by atoms with Crippen molar-refractivity contribution in [3.05, 3.63) is 29.3 Å². The summed E-state index contributed by atoms with van der Waals surface area (Å²) in [6.45, 7) is 4.99. The lowest BCUT2D eigenvalue weighted by Crippen LogP contribution is -2.09. The maximum atomic E-state index is 12.9. The van der Waals surface area contributed by atoms with Crippen molar-refractivity contribution in [3.63, 3.8) is 0 Å². The number of alkyl halides is 2. The number of rotatable bonds is 3. The number of hydrogen-bond acceptors (Lipinski definition) is 2. The highest BCUT2D eigenvalue weighted by molar-refractivity contribution is 5.91. The molecule has 0 fully saturated rings. The summed E-state index contributed by atoms with van der Waals surface area (Å²) in [5, 5.41) is 8.72. The quantitative estimate of drug-likeness (QED) is 0.895. The van der Waals surface area contributed by atoms with Gasteiger partial charge in [-0.25, -0.2) is 13.6 Å². The van der Waals surface area contributed by atoms with Crippen LogP contribution in [0.15, 0.2) is 18.2 Å². The van der Waals surface area contributed by atoms with Gasteiger partial charge in [0.05, 0.1) is 7.11 Å². The minimum atomic E-state index is -3.01. The molecule has 0 aliphatic rings. The van der Waals surface area contributed by atoms with Crippen LogP contribution in [0.1, 0.15) is 43.1 Å². The van der Waals surface area contributed by atoms with Gasteiger partial charge in [-0.15, -0.1) is 0 Å². The van der Waals surface area contributed by atoms with Crippen LogP contribution in [-0.4, -0.2) is 18.2 Å². The van der Waals surface area contributed by atoms with Gasteiger partial charge in [-0.1, -0.05) is 26.3 Å². The van der Waals surface area contributed by atoms with E-state index in [1.807, 2.05) is 0 Å². The molecule has 0 saturated heterocycles. The highest BCUT2D eigenvalue weighted by Gasteiger charge is 2.26. The van der Waals surface area contributed by atoms with Gasteiger partial charge in [-0.2, -0.15) is 0 Å². The van der Waals surface area contributed by atoms with E-state index >= 15 is 0 Å². The molecule has 0 amide bonds. The first-order valence-corrected chi connectivity index (χ1v) is 5.57. The monoisotopic (exact) mass is 260 g/mol. The first-order chi connectivity index (χ1) is 8.27. The lowest BCUT2D eigenvalue weighted by Gasteiger charge is -2.13. The third-order valence-electron chi connectivity index (χ3n) is 1.94. The topological polar surface area (TPSA) is 46.5 Å². The Balaban J connectivity index is 0.000000873. The maximum Gasteiger partial charge on any atom is 0.339 e. The Morgan fingerprint density at radius 3 is 2.22 bits per heavy atom. The van der Waals surface area contributed by atoms with Crippen molar-refractivity contribution in [2.24, 2.45) is 0 Å². The summed E-state index contributed by atoms with van der Waals surface area (Å²) in [7, 11) is 1.24. The summed E-state index contributed by atoms with van der Waals surface area (Å²) in [5.74, 6) is -4.29. The molecule has 102 valence electrons. The Labute approximate surface area is 105 Å². The van der Waals surface area contributed by atoms with Crippen LogP contribution in [0.4, 0.5) is 8.78 Å². The first-order valence-electron chi connectivity index (χ1n) is 5.57. The van der Waals surface area contributed by atoms with Crippen LogP contribution < -0.4 is 4.74 Å². The van der Waals surface area contributed by atoms with Crippen LogP contribution in [-0.2, 0) is 5.92 Å². The van der Waals surface area contributed by atoms with E-state index in [2.05, 4.69) is 13.8 Å². The Bertz CT molecular complexity index is 398.